The number of hydrogen-bond donors (Lipinski definition) is 3. The number of H-pyrrole nitrogens is 1. The Morgan fingerprint density at radius 2 is 1.79 bits per heavy atom. The minimum atomic E-state index is 0.562. The first-order valence-electron chi connectivity index (χ1n) is 9.71. The Balaban J connectivity index is 0.000000271. The van der Waals surface area contributed by atoms with E-state index in [0.717, 1.165) is 28.2 Å². The summed E-state index contributed by atoms with van der Waals surface area (Å²) in [6, 6.07) is 7.80. The number of aromatic nitrogens is 4. The van der Waals surface area contributed by atoms with E-state index in [1.54, 1.807) is 19.5 Å². The Labute approximate surface area is 166 Å². The van der Waals surface area contributed by atoms with Crippen LogP contribution in [0.5, 0.6) is 5.88 Å². The normalized spacial score (nSPS) is 13.8. The number of rotatable bonds is 4. The number of anilines is 1. The average Bonchev–Trinajstić information content (AvgIpc) is 3.13. The van der Waals surface area contributed by atoms with Gasteiger partial charge in [0.05, 0.1) is 19.0 Å². The second kappa shape index (κ2) is 10.4. The first-order valence-corrected chi connectivity index (χ1v) is 9.71. The van der Waals surface area contributed by atoms with Gasteiger partial charge in [-0.25, -0.2) is 9.97 Å². The van der Waals surface area contributed by atoms with Gasteiger partial charge >= 0.3 is 0 Å². The molecule has 0 bridgehead atoms. The van der Waals surface area contributed by atoms with Crippen LogP contribution in [0, 0.1) is 0 Å². The van der Waals surface area contributed by atoms with Gasteiger partial charge in [0.15, 0.2) is 0 Å². The lowest BCUT2D eigenvalue weighted by molar-refractivity contribution is 0.400. The van der Waals surface area contributed by atoms with Crippen LogP contribution in [0.2, 0.25) is 0 Å². The molecule has 7 nitrogen and oxygen atoms in total. The molecule has 7 heteroatoms. The lowest BCUT2D eigenvalue weighted by atomic mass is 10.1. The molecule has 0 atom stereocenters. The summed E-state index contributed by atoms with van der Waals surface area (Å²) < 4.78 is 5.39. The Hall–Kier alpha value is -2.93. The van der Waals surface area contributed by atoms with Gasteiger partial charge in [-0.1, -0.05) is 12.8 Å². The van der Waals surface area contributed by atoms with E-state index in [0.29, 0.717) is 5.88 Å². The largest absolute Gasteiger partial charge is 0.481 e. The molecule has 1 fully saturated rings. The molecule has 4 rings (SSSR count). The monoisotopic (exact) mass is 380 g/mol. The third-order valence-corrected chi connectivity index (χ3v) is 4.64. The van der Waals surface area contributed by atoms with E-state index in [1.165, 1.54) is 38.8 Å². The minimum absolute atomic E-state index is 0.562. The lowest BCUT2D eigenvalue weighted by Gasteiger charge is -2.08. The number of nitrogens with zero attached hydrogens (tertiary/aromatic N) is 3. The molecule has 0 spiro atoms. The smallest absolute Gasteiger partial charge is 0.221 e. The lowest BCUT2D eigenvalue weighted by Crippen LogP contribution is -2.12. The van der Waals surface area contributed by atoms with E-state index in [-0.39, 0.29) is 0 Å². The van der Waals surface area contributed by atoms with Crippen LogP contribution in [-0.4, -0.2) is 47.4 Å². The van der Waals surface area contributed by atoms with Crippen molar-refractivity contribution in [2.24, 2.45) is 0 Å². The van der Waals surface area contributed by atoms with Crippen LogP contribution in [0.15, 0.2) is 42.9 Å². The standard InChI is InChI=1S/C15H15N5O.C6H13N/c1-16-14-6-3-10(7-17-14)13-5-4-12(15(20-13)21-2)11-8-18-19-9-11;1-2-4-6-7-5-3-1/h3-9H,1-2H3,(H,16,17)(H,18,19);7H,1-6H2. The fraction of sp³-hybridized carbons (Fsp3) is 0.381. The van der Waals surface area contributed by atoms with Crippen LogP contribution in [0.1, 0.15) is 25.7 Å². The quantitative estimate of drug-likeness (QED) is 0.639. The highest BCUT2D eigenvalue weighted by atomic mass is 16.5. The summed E-state index contributed by atoms with van der Waals surface area (Å²) in [7, 11) is 3.45. The Morgan fingerprint density at radius 1 is 0.964 bits per heavy atom. The summed E-state index contributed by atoms with van der Waals surface area (Å²) in [4.78, 5) is 8.84. The maximum atomic E-state index is 5.39. The van der Waals surface area contributed by atoms with Gasteiger partial charge in [-0.05, 0) is 50.2 Å². The van der Waals surface area contributed by atoms with Crippen LogP contribution in [0.3, 0.4) is 0 Å². The molecule has 148 valence electrons. The predicted molar refractivity (Wildman–Crippen MR) is 112 cm³/mol. The van der Waals surface area contributed by atoms with Crippen molar-refractivity contribution >= 4 is 5.82 Å². The topological polar surface area (TPSA) is 87.8 Å². The molecule has 3 aromatic heterocycles. The van der Waals surface area contributed by atoms with Crippen molar-refractivity contribution in [2.45, 2.75) is 25.7 Å². The number of hydrogen-bond acceptors (Lipinski definition) is 6. The maximum absolute atomic E-state index is 5.39. The van der Waals surface area contributed by atoms with Crippen LogP contribution in [0.4, 0.5) is 5.82 Å². The molecule has 3 N–H and O–H groups in total. The van der Waals surface area contributed by atoms with Gasteiger partial charge in [-0.15, -0.1) is 0 Å². The Bertz CT molecular complexity index is 813. The summed E-state index contributed by atoms with van der Waals surface area (Å²) in [6.45, 7) is 2.50. The van der Waals surface area contributed by atoms with E-state index >= 15 is 0 Å². The van der Waals surface area contributed by atoms with Crippen molar-refractivity contribution in [1.29, 1.82) is 0 Å². The van der Waals surface area contributed by atoms with E-state index < -0.39 is 0 Å². The Kier molecular flexibility index (Phi) is 7.37. The number of aromatic amines is 1. The molecular formula is C21H28N6O. The maximum Gasteiger partial charge on any atom is 0.221 e. The summed E-state index contributed by atoms with van der Waals surface area (Å²) in [5.74, 6) is 1.38. The van der Waals surface area contributed by atoms with Crippen LogP contribution in [-0.2, 0) is 0 Å². The van der Waals surface area contributed by atoms with Crippen molar-refractivity contribution in [1.82, 2.24) is 25.5 Å². The van der Waals surface area contributed by atoms with Crippen molar-refractivity contribution in [2.75, 3.05) is 32.6 Å². The van der Waals surface area contributed by atoms with Crippen LogP contribution in [0.25, 0.3) is 22.4 Å². The van der Waals surface area contributed by atoms with Gasteiger partial charge in [-0.3, -0.25) is 5.10 Å². The second-order valence-electron chi connectivity index (χ2n) is 6.59. The zero-order valence-electron chi connectivity index (χ0n) is 16.5. The van der Waals surface area contributed by atoms with Crippen molar-refractivity contribution in [3.05, 3.63) is 42.9 Å². The molecule has 1 aliphatic rings. The predicted octanol–water partition coefficient (Wildman–Crippen LogP) is 3.73. The molecule has 28 heavy (non-hydrogen) atoms. The van der Waals surface area contributed by atoms with Crippen molar-refractivity contribution < 1.29 is 4.74 Å². The molecule has 0 radical (unpaired) electrons. The van der Waals surface area contributed by atoms with Gasteiger partial charge in [0.2, 0.25) is 5.88 Å². The van der Waals surface area contributed by atoms with Crippen molar-refractivity contribution in [3.63, 3.8) is 0 Å². The second-order valence-corrected chi connectivity index (χ2v) is 6.59. The van der Waals surface area contributed by atoms with E-state index in [4.69, 9.17) is 4.74 Å². The molecule has 1 aliphatic heterocycles. The highest BCUT2D eigenvalue weighted by molar-refractivity contribution is 5.71. The van der Waals surface area contributed by atoms with Gasteiger partial charge in [0.1, 0.15) is 5.82 Å². The third-order valence-electron chi connectivity index (χ3n) is 4.64. The molecule has 0 unspecified atom stereocenters. The summed E-state index contributed by atoms with van der Waals surface area (Å²) in [6.07, 6.45) is 11.0. The zero-order chi connectivity index (χ0) is 19.6. The van der Waals surface area contributed by atoms with E-state index in [1.807, 2.05) is 37.5 Å². The van der Waals surface area contributed by atoms with Gasteiger partial charge in [-0.2, -0.15) is 5.10 Å². The van der Waals surface area contributed by atoms with Crippen LogP contribution < -0.4 is 15.4 Å². The fourth-order valence-corrected chi connectivity index (χ4v) is 3.05. The molecule has 0 aromatic carbocycles. The number of nitrogens with one attached hydrogen (secondary N) is 3. The van der Waals surface area contributed by atoms with Gasteiger partial charge in [0.25, 0.3) is 0 Å². The Morgan fingerprint density at radius 3 is 2.39 bits per heavy atom. The molecule has 0 amide bonds. The number of methoxy groups -OCH3 is 1. The molecule has 1 saturated heterocycles. The number of ether oxygens (including phenoxy) is 1. The zero-order valence-corrected chi connectivity index (χ0v) is 16.5. The van der Waals surface area contributed by atoms with Crippen molar-refractivity contribution in [3.8, 4) is 28.3 Å². The van der Waals surface area contributed by atoms with Crippen LogP contribution >= 0.6 is 0 Å². The van der Waals surface area contributed by atoms with Gasteiger partial charge < -0.3 is 15.4 Å². The summed E-state index contributed by atoms with van der Waals surface area (Å²) in [5, 5.41) is 13.1. The number of pyridine rings is 2. The molecule has 3 aromatic rings. The first kappa shape index (κ1) is 19.8. The average molecular weight is 380 g/mol. The molecule has 4 heterocycles. The third kappa shape index (κ3) is 5.29. The molecule has 0 aliphatic carbocycles. The highest BCUT2D eigenvalue weighted by Crippen LogP contribution is 2.30. The van der Waals surface area contributed by atoms with Gasteiger partial charge in [0, 0.05) is 36.1 Å². The highest BCUT2D eigenvalue weighted by Gasteiger charge is 2.11. The first-order chi connectivity index (χ1) is 13.8. The van der Waals surface area contributed by atoms with E-state index in [2.05, 4.69) is 30.8 Å². The summed E-state index contributed by atoms with van der Waals surface area (Å²) >= 11 is 0. The molecular weight excluding hydrogens is 352 g/mol. The fourth-order valence-electron chi connectivity index (χ4n) is 3.05. The minimum Gasteiger partial charge on any atom is -0.481 e. The summed E-state index contributed by atoms with van der Waals surface area (Å²) in [5.41, 5.74) is 3.59. The molecule has 0 saturated carbocycles. The SMILES string of the molecule is C1CCCNCC1.CNc1ccc(-c2ccc(-c3cn[nH]c3)c(OC)n2)cn1. The van der Waals surface area contributed by atoms with E-state index in [9.17, 15) is 0 Å².